The van der Waals surface area contributed by atoms with Gasteiger partial charge in [-0.25, -0.2) is 4.79 Å². The van der Waals surface area contributed by atoms with Gasteiger partial charge < -0.3 is 32.9 Å². The molecule has 2 aromatic carbocycles. The number of esters is 1. The highest BCUT2D eigenvalue weighted by Gasteiger charge is 2.22. The SMILES string of the molecule is COc1cccc2c1OCC(C(=O)OCc1cc(-c3cc(OC)c(OC)c(OC)c3)no1)=C2. The zero-order chi connectivity index (χ0) is 23.4. The minimum atomic E-state index is -0.505. The highest BCUT2D eigenvalue weighted by Crippen LogP contribution is 2.41. The molecule has 0 fully saturated rings. The number of hydrogen-bond acceptors (Lipinski definition) is 9. The molecule has 0 unspecified atom stereocenters. The molecule has 0 radical (unpaired) electrons. The number of carbonyl (C=O) groups excluding carboxylic acids is 1. The zero-order valence-corrected chi connectivity index (χ0v) is 18.7. The second-order valence-corrected chi connectivity index (χ2v) is 7.01. The number of ether oxygens (including phenoxy) is 6. The van der Waals surface area contributed by atoms with Crippen molar-refractivity contribution in [2.45, 2.75) is 6.61 Å². The summed E-state index contributed by atoms with van der Waals surface area (Å²) >= 11 is 0. The number of carbonyl (C=O) groups is 1. The van der Waals surface area contributed by atoms with Gasteiger partial charge in [0.15, 0.2) is 35.4 Å². The summed E-state index contributed by atoms with van der Waals surface area (Å²) in [6, 6.07) is 10.6. The summed E-state index contributed by atoms with van der Waals surface area (Å²) in [4.78, 5) is 12.5. The monoisotopic (exact) mass is 453 g/mol. The van der Waals surface area contributed by atoms with Gasteiger partial charge in [-0.3, -0.25) is 0 Å². The van der Waals surface area contributed by atoms with Crippen LogP contribution in [0.2, 0.25) is 0 Å². The molecule has 9 nitrogen and oxygen atoms in total. The predicted molar refractivity (Wildman–Crippen MR) is 118 cm³/mol. The van der Waals surface area contributed by atoms with Crippen LogP contribution in [0, 0.1) is 0 Å². The first kappa shape index (κ1) is 22.1. The van der Waals surface area contributed by atoms with E-state index in [1.165, 1.54) is 21.3 Å². The molecule has 1 aliphatic heterocycles. The van der Waals surface area contributed by atoms with Crippen molar-refractivity contribution in [3.63, 3.8) is 0 Å². The van der Waals surface area contributed by atoms with E-state index in [1.807, 2.05) is 12.1 Å². The van der Waals surface area contributed by atoms with Crippen molar-refractivity contribution < 1.29 is 37.7 Å². The smallest absolute Gasteiger partial charge is 0.337 e. The van der Waals surface area contributed by atoms with Gasteiger partial charge in [-0.05, 0) is 24.3 Å². The second kappa shape index (κ2) is 9.56. The van der Waals surface area contributed by atoms with Gasteiger partial charge in [-0.2, -0.15) is 0 Å². The standard InChI is InChI=1S/C24H23NO8/c1-27-19-7-5-6-14-8-16(12-31-22(14)19)24(26)32-13-17-11-18(25-33-17)15-9-20(28-2)23(30-4)21(10-15)29-3/h5-11H,12-13H2,1-4H3. The Bertz CT molecular complexity index is 1170. The van der Waals surface area contributed by atoms with Crippen LogP contribution in [0.4, 0.5) is 0 Å². The molecule has 4 rings (SSSR count). The third-order valence-electron chi connectivity index (χ3n) is 5.06. The first-order chi connectivity index (χ1) is 16.1. The Morgan fingerprint density at radius 1 is 0.970 bits per heavy atom. The van der Waals surface area contributed by atoms with Gasteiger partial charge in [0.2, 0.25) is 5.75 Å². The van der Waals surface area contributed by atoms with E-state index in [0.29, 0.717) is 51.3 Å². The van der Waals surface area contributed by atoms with E-state index in [4.69, 9.17) is 32.9 Å². The minimum Gasteiger partial charge on any atom is -0.493 e. The Labute approximate surface area is 190 Å². The number of hydrogen-bond donors (Lipinski definition) is 0. The highest BCUT2D eigenvalue weighted by molar-refractivity contribution is 5.95. The molecule has 0 N–H and O–H groups in total. The second-order valence-electron chi connectivity index (χ2n) is 7.01. The maximum atomic E-state index is 12.5. The summed E-state index contributed by atoms with van der Waals surface area (Å²) in [5.41, 5.74) is 2.36. The van der Waals surface area contributed by atoms with Gasteiger partial charge >= 0.3 is 5.97 Å². The van der Waals surface area contributed by atoms with Gasteiger partial charge in [0.25, 0.3) is 0 Å². The normalized spacial score (nSPS) is 12.2. The summed E-state index contributed by atoms with van der Waals surface area (Å²) in [7, 11) is 6.17. The lowest BCUT2D eigenvalue weighted by molar-refractivity contribution is -0.141. The van der Waals surface area contributed by atoms with Gasteiger partial charge in [0.1, 0.15) is 12.3 Å². The Morgan fingerprint density at radius 2 is 1.70 bits per heavy atom. The van der Waals surface area contributed by atoms with Gasteiger partial charge in [-0.15, -0.1) is 0 Å². The molecule has 0 aliphatic carbocycles. The molecular weight excluding hydrogens is 430 g/mol. The fourth-order valence-corrected chi connectivity index (χ4v) is 3.43. The number of para-hydroxylation sites is 1. The maximum Gasteiger partial charge on any atom is 0.337 e. The Balaban J connectivity index is 1.47. The molecule has 0 amide bonds. The molecule has 0 spiro atoms. The van der Waals surface area contributed by atoms with Crippen LogP contribution in [-0.2, 0) is 16.1 Å². The Kier molecular flexibility index (Phi) is 6.39. The maximum absolute atomic E-state index is 12.5. The number of methoxy groups -OCH3 is 4. The quantitative estimate of drug-likeness (QED) is 0.470. The molecule has 9 heteroatoms. The zero-order valence-electron chi connectivity index (χ0n) is 18.7. The summed E-state index contributed by atoms with van der Waals surface area (Å²) in [5.74, 6) is 2.54. The van der Waals surface area contributed by atoms with Gasteiger partial charge in [-0.1, -0.05) is 17.3 Å². The van der Waals surface area contributed by atoms with Crippen LogP contribution in [0.3, 0.4) is 0 Å². The van der Waals surface area contributed by atoms with Crippen molar-refractivity contribution in [2.24, 2.45) is 0 Å². The van der Waals surface area contributed by atoms with Crippen LogP contribution in [0.15, 0.2) is 46.5 Å². The first-order valence-electron chi connectivity index (χ1n) is 10.0. The molecule has 0 atom stereocenters. The van der Waals surface area contributed by atoms with Gasteiger partial charge in [0.05, 0.1) is 34.0 Å². The molecule has 0 bridgehead atoms. The number of aromatic nitrogens is 1. The van der Waals surface area contributed by atoms with Crippen LogP contribution in [0.1, 0.15) is 11.3 Å². The van der Waals surface area contributed by atoms with E-state index in [9.17, 15) is 4.79 Å². The summed E-state index contributed by atoms with van der Waals surface area (Å²) in [5, 5.41) is 4.06. The fraction of sp³-hybridized carbons (Fsp3) is 0.250. The molecule has 172 valence electrons. The van der Waals surface area contributed by atoms with Gasteiger partial charge in [0, 0.05) is 17.2 Å². The van der Waals surface area contributed by atoms with Crippen molar-refractivity contribution in [1.82, 2.24) is 5.16 Å². The molecule has 33 heavy (non-hydrogen) atoms. The average Bonchev–Trinajstić information content (AvgIpc) is 3.34. The third-order valence-corrected chi connectivity index (χ3v) is 5.06. The third kappa shape index (κ3) is 4.43. The summed E-state index contributed by atoms with van der Waals surface area (Å²) in [6.07, 6.45) is 1.73. The van der Waals surface area contributed by atoms with Crippen LogP contribution in [0.25, 0.3) is 17.3 Å². The van der Waals surface area contributed by atoms with Crippen molar-refractivity contribution in [3.8, 4) is 40.0 Å². The van der Waals surface area contributed by atoms with E-state index in [-0.39, 0.29) is 13.2 Å². The number of benzene rings is 2. The molecule has 1 aromatic heterocycles. The summed E-state index contributed by atoms with van der Waals surface area (Å²) < 4.78 is 37.8. The van der Waals surface area contributed by atoms with E-state index >= 15 is 0 Å². The molecule has 1 aliphatic rings. The van der Waals surface area contributed by atoms with E-state index < -0.39 is 5.97 Å². The number of nitrogens with zero attached hydrogens (tertiary/aromatic N) is 1. The van der Waals surface area contributed by atoms with Crippen molar-refractivity contribution >= 4 is 12.0 Å². The topological polar surface area (TPSA) is 98.5 Å². The molecule has 3 aromatic rings. The Hall–Kier alpha value is -4.14. The minimum absolute atomic E-state index is 0.0826. The largest absolute Gasteiger partial charge is 0.493 e. The summed E-state index contributed by atoms with van der Waals surface area (Å²) in [6.45, 7) is -0.00212. The van der Waals surface area contributed by atoms with Crippen molar-refractivity contribution in [1.29, 1.82) is 0 Å². The highest BCUT2D eigenvalue weighted by atomic mass is 16.6. The molecule has 0 saturated heterocycles. The number of fused-ring (bicyclic) bond motifs is 1. The van der Waals surface area contributed by atoms with Crippen LogP contribution in [0.5, 0.6) is 28.7 Å². The fourth-order valence-electron chi connectivity index (χ4n) is 3.43. The lowest BCUT2D eigenvalue weighted by Crippen LogP contribution is -2.17. The van der Waals surface area contributed by atoms with Crippen LogP contribution >= 0.6 is 0 Å². The molecule has 2 heterocycles. The predicted octanol–water partition coefficient (Wildman–Crippen LogP) is 3.90. The average molecular weight is 453 g/mol. The van der Waals surface area contributed by atoms with E-state index in [2.05, 4.69) is 5.16 Å². The number of rotatable bonds is 8. The van der Waals surface area contributed by atoms with Crippen LogP contribution < -0.4 is 23.7 Å². The first-order valence-corrected chi connectivity index (χ1v) is 10.0. The lowest BCUT2D eigenvalue weighted by Gasteiger charge is -2.19. The van der Waals surface area contributed by atoms with Crippen molar-refractivity contribution in [3.05, 3.63) is 53.3 Å². The lowest BCUT2D eigenvalue weighted by atomic mass is 10.1. The molecule has 0 saturated carbocycles. The van der Waals surface area contributed by atoms with E-state index in [0.717, 1.165) is 5.56 Å². The molecular formula is C24H23NO8. The van der Waals surface area contributed by atoms with E-state index in [1.54, 1.807) is 37.5 Å². The van der Waals surface area contributed by atoms with Crippen molar-refractivity contribution in [2.75, 3.05) is 35.0 Å². The van der Waals surface area contributed by atoms with Crippen LogP contribution in [-0.4, -0.2) is 46.2 Å². The Morgan fingerprint density at radius 3 is 2.36 bits per heavy atom.